The van der Waals surface area contributed by atoms with Crippen molar-refractivity contribution in [2.75, 3.05) is 13.4 Å². The lowest BCUT2D eigenvalue weighted by atomic mass is 10.0. The number of benzene rings is 1. The van der Waals surface area contributed by atoms with Crippen LogP contribution in [0.25, 0.3) is 0 Å². The van der Waals surface area contributed by atoms with Gasteiger partial charge in [0.15, 0.2) is 11.5 Å². The highest BCUT2D eigenvalue weighted by Gasteiger charge is 2.16. The van der Waals surface area contributed by atoms with Crippen LogP contribution in [0.2, 0.25) is 0 Å². The van der Waals surface area contributed by atoms with Crippen molar-refractivity contribution < 1.29 is 18.7 Å². The van der Waals surface area contributed by atoms with E-state index >= 15 is 0 Å². The molecule has 0 saturated heterocycles. The molecule has 82 valence electrons. The highest BCUT2D eigenvalue weighted by atomic mass is 19.1. The predicted octanol–water partition coefficient (Wildman–Crippen LogP) is 1.32. The van der Waals surface area contributed by atoms with Gasteiger partial charge in [-0.3, -0.25) is 0 Å². The van der Waals surface area contributed by atoms with Gasteiger partial charge >= 0.3 is 0 Å². The van der Waals surface area contributed by atoms with E-state index in [0.717, 1.165) is 5.56 Å². The van der Waals surface area contributed by atoms with E-state index in [4.69, 9.17) is 15.4 Å². The normalized spacial score (nSPS) is 13.2. The van der Waals surface area contributed by atoms with E-state index in [1.165, 1.54) is 0 Å². The van der Waals surface area contributed by atoms with Crippen LogP contribution in [0.4, 0.5) is 4.39 Å². The summed E-state index contributed by atoms with van der Waals surface area (Å²) in [6.45, 7) is 0.0150. The standard InChI is InChI=1S/C10H12FNO3/c11-5-8-4-10-9(13-6-14-10)3-7(8)1-2-15-12/h3-4H,1-2,5-6,12H2. The lowest BCUT2D eigenvalue weighted by molar-refractivity contribution is 0.141. The molecule has 0 radical (unpaired) electrons. The molecule has 0 atom stereocenters. The summed E-state index contributed by atoms with van der Waals surface area (Å²) < 4.78 is 23.1. The van der Waals surface area contributed by atoms with E-state index in [-0.39, 0.29) is 6.79 Å². The Morgan fingerprint density at radius 1 is 1.27 bits per heavy atom. The van der Waals surface area contributed by atoms with Crippen molar-refractivity contribution in [2.24, 2.45) is 5.90 Å². The minimum Gasteiger partial charge on any atom is -0.454 e. The van der Waals surface area contributed by atoms with E-state index in [9.17, 15) is 4.39 Å². The van der Waals surface area contributed by atoms with Crippen LogP contribution in [-0.4, -0.2) is 13.4 Å². The molecule has 5 heteroatoms. The Hall–Kier alpha value is -1.33. The maximum Gasteiger partial charge on any atom is 0.231 e. The molecule has 1 aromatic rings. The smallest absolute Gasteiger partial charge is 0.231 e. The molecule has 0 bridgehead atoms. The minimum absolute atomic E-state index is 0.192. The first-order valence-electron chi connectivity index (χ1n) is 4.64. The second-order valence-corrected chi connectivity index (χ2v) is 3.23. The van der Waals surface area contributed by atoms with Crippen LogP contribution in [0.3, 0.4) is 0 Å². The number of hydrogen-bond acceptors (Lipinski definition) is 4. The zero-order chi connectivity index (χ0) is 10.7. The lowest BCUT2D eigenvalue weighted by Gasteiger charge is -2.07. The monoisotopic (exact) mass is 213 g/mol. The maximum absolute atomic E-state index is 12.7. The number of alkyl halides is 1. The summed E-state index contributed by atoms with van der Waals surface area (Å²) in [7, 11) is 0. The first-order chi connectivity index (χ1) is 7.35. The van der Waals surface area contributed by atoms with E-state index < -0.39 is 6.67 Å². The van der Waals surface area contributed by atoms with Gasteiger partial charge in [0.25, 0.3) is 0 Å². The molecule has 1 aliphatic rings. The van der Waals surface area contributed by atoms with Gasteiger partial charge in [-0.25, -0.2) is 10.3 Å². The third-order valence-electron chi connectivity index (χ3n) is 2.33. The van der Waals surface area contributed by atoms with Crippen LogP contribution < -0.4 is 15.4 Å². The summed E-state index contributed by atoms with van der Waals surface area (Å²) in [6.07, 6.45) is 0.562. The molecule has 0 unspecified atom stereocenters. The molecule has 0 amide bonds. The molecule has 0 aliphatic carbocycles. The van der Waals surface area contributed by atoms with Crippen molar-refractivity contribution in [3.8, 4) is 11.5 Å². The van der Waals surface area contributed by atoms with Crippen LogP contribution in [0.1, 0.15) is 11.1 Å². The van der Waals surface area contributed by atoms with Gasteiger partial charge < -0.3 is 14.3 Å². The average Bonchev–Trinajstić information content (AvgIpc) is 2.71. The van der Waals surface area contributed by atoms with Gasteiger partial charge in [-0.05, 0) is 29.7 Å². The summed E-state index contributed by atoms with van der Waals surface area (Å²) in [4.78, 5) is 4.47. The van der Waals surface area contributed by atoms with Gasteiger partial charge in [0.05, 0.1) is 6.61 Å². The quantitative estimate of drug-likeness (QED) is 0.766. The zero-order valence-electron chi connectivity index (χ0n) is 8.16. The Balaban J connectivity index is 2.27. The lowest BCUT2D eigenvalue weighted by Crippen LogP contribution is -2.05. The average molecular weight is 213 g/mol. The topological polar surface area (TPSA) is 53.7 Å². The van der Waals surface area contributed by atoms with Gasteiger partial charge in [-0.15, -0.1) is 0 Å². The van der Waals surface area contributed by atoms with Crippen molar-refractivity contribution in [3.63, 3.8) is 0 Å². The largest absolute Gasteiger partial charge is 0.454 e. The SMILES string of the molecule is NOCCc1cc2c(cc1CF)OCO2. The number of nitrogens with two attached hydrogens (primary N) is 1. The molecule has 2 N–H and O–H groups in total. The second-order valence-electron chi connectivity index (χ2n) is 3.23. The minimum atomic E-state index is -0.531. The first kappa shape index (κ1) is 10.2. The van der Waals surface area contributed by atoms with Crippen molar-refractivity contribution in [1.29, 1.82) is 0 Å². The molecule has 0 fully saturated rings. The maximum atomic E-state index is 12.7. The predicted molar refractivity (Wildman–Crippen MR) is 51.2 cm³/mol. The molecule has 15 heavy (non-hydrogen) atoms. The molecular formula is C10H12FNO3. The number of fused-ring (bicyclic) bond motifs is 1. The van der Waals surface area contributed by atoms with E-state index in [1.807, 2.05) is 0 Å². The third kappa shape index (κ3) is 2.03. The molecule has 0 aromatic heterocycles. The van der Waals surface area contributed by atoms with Crippen LogP contribution in [0.5, 0.6) is 11.5 Å². The molecule has 2 rings (SSSR count). The van der Waals surface area contributed by atoms with Crippen LogP contribution in [0.15, 0.2) is 12.1 Å². The van der Waals surface area contributed by atoms with E-state index in [1.54, 1.807) is 12.1 Å². The molecule has 0 saturated carbocycles. The fraction of sp³-hybridized carbons (Fsp3) is 0.400. The zero-order valence-corrected chi connectivity index (χ0v) is 8.16. The Labute approximate surface area is 86.7 Å². The third-order valence-corrected chi connectivity index (χ3v) is 2.33. The number of hydrogen-bond donors (Lipinski definition) is 1. The van der Waals surface area contributed by atoms with Gasteiger partial charge in [-0.2, -0.15) is 0 Å². The first-order valence-corrected chi connectivity index (χ1v) is 4.64. The Morgan fingerprint density at radius 2 is 1.93 bits per heavy atom. The van der Waals surface area contributed by atoms with Crippen molar-refractivity contribution >= 4 is 0 Å². The van der Waals surface area contributed by atoms with Crippen LogP contribution >= 0.6 is 0 Å². The highest BCUT2D eigenvalue weighted by molar-refractivity contribution is 5.48. The number of rotatable bonds is 4. The van der Waals surface area contributed by atoms with Crippen molar-refractivity contribution in [1.82, 2.24) is 0 Å². The Bertz CT molecular complexity index is 357. The van der Waals surface area contributed by atoms with Crippen molar-refractivity contribution in [2.45, 2.75) is 13.1 Å². The van der Waals surface area contributed by atoms with Gasteiger partial charge in [0.2, 0.25) is 6.79 Å². The van der Waals surface area contributed by atoms with Crippen LogP contribution in [-0.2, 0) is 17.9 Å². The van der Waals surface area contributed by atoms with Gasteiger partial charge in [-0.1, -0.05) is 0 Å². The summed E-state index contributed by atoms with van der Waals surface area (Å²) in [5.41, 5.74) is 1.43. The Morgan fingerprint density at radius 3 is 2.53 bits per heavy atom. The molecule has 1 aliphatic heterocycles. The highest BCUT2D eigenvalue weighted by Crippen LogP contribution is 2.35. The van der Waals surface area contributed by atoms with Gasteiger partial charge in [0.1, 0.15) is 6.67 Å². The van der Waals surface area contributed by atoms with Gasteiger partial charge in [0, 0.05) is 0 Å². The fourth-order valence-corrected chi connectivity index (χ4v) is 1.55. The molecule has 1 heterocycles. The van der Waals surface area contributed by atoms with E-state index in [0.29, 0.717) is 30.1 Å². The molecule has 1 aromatic carbocycles. The number of ether oxygens (including phenoxy) is 2. The fourth-order valence-electron chi connectivity index (χ4n) is 1.55. The number of halogens is 1. The van der Waals surface area contributed by atoms with E-state index in [2.05, 4.69) is 4.84 Å². The van der Waals surface area contributed by atoms with Crippen molar-refractivity contribution in [3.05, 3.63) is 23.3 Å². The molecular weight excluding hydrogens is 201 g/mol. The summed E-state index contributed by atoms with van der Waals surface area (Å²) in [5.74, 6) is 6.18. The summed E-state index contributed by atoms with van der Waals surface area (Å²) in [6, 6.07) is 3.43. The molecule has 4 nitrogen and oxygen atoms in total. The second kappa shape index (κ2) is 4.46. The Kier molecular flexibility index (Phi) is 3.03. The van der Waals surface area contributed by atoms with Crippen LogP contribution in [0, 0.1) is 0 Å². The molecule has 0 spiro atoms. The summed E-state index contributed by atoms with van der Waals surface area (Å²) in [5, 5.41) is 0. The summed E-state index contributed by atoms with van der Waals surface area (Å²) >= 11 is 0.